The van der Waals surface area contributed by atoms with E-state index in [4.69, 9.17) is 6.92 Å². The number of carbonyl (C=O) groups excluding carboxylic acids is 1. The maximum Gasteiger partial charge on any atom is 0.164 e. The molecule has 7 heavy (non-hydrogen) atoms. The van der Waals surface area contributed by atoms with Crippen LogP contribution in [0.5, 0.6) is 0 Å². The summed E-state index contributed by atoms with van der Waals surface area (Å²) in [7, 11) is 0. The van der Waals surface area contributed by atoms with Gasteiger partial charge in [-0.25, -0.2) is 0 Å². The summed E-state index contributed by atoms with van der Waals surface area (Å²) in [5.74, 6) is -0.731. The van der Waals surface area contributed by atoms with E-state index in [2.05, 4.69) is 6.58 Å². The topological polar surface area (TPSA) is 17.1 Å². The molecule has 0 rings (SSSR count). The van der Waals surface area contributed by atoms with Crippen LogP contribution in [-0.2, 0) is 38.4 Å². The first-order valence-electron chi connectivity index (χ1n) is 1.15. The van der Waals surface area contributed by atoms with E-state index < -0.39 is 5.78 Å². The Kier molecular flexibility index (Phi) is 21.6. The monoisotopic (exact) mass is 181 g/mol. The maximum atomic E-state index is 9.36. The third kappa shape index (κ3) is 21.4. The number of ketones is 1. The van der Waals surface area contributed by atoms with E-state index in [1.807, 2.05) is 0 Å². The van der Waals surface area contributed by atoms with Crippen LogP contribution in [0, 0.1) is 6.92 Å². The van der Waals surface area contributed by atoms with Crippen LogP contribution in [0.15, 0.2) is 12.7 Å². The smallest absolute Gasteiger partial charge is 0.164 e. The van der Waals surface area contributed by atoms with Crippen LogP contribution in [0.1, 0.15) is 0 Å². The Labute approximate surface area is 63.9 Å². The quantitative estimate of drug-likeness (QED) is 0.421. The molecule has 0 aromatic heterocycles. The van der Waals surface area contributed by atoms with E-state index >= 15 is 0 Å². The standard InChI is InChI=1S/C4H3O.Fe.Ni/c1-3-4(2)5;;/h3H,1H2;;. The first-order valence-corrected chi connectivity index (χ1v) is 1.15. The molecule has 0 saturated carbocycles. The summed E-state index contributed by atoms with van der Waals surface area (Å²) >= 11 is 0. The van der Waals surface area contributed by atoms with Crippen molar-refractivity contribution in [2.45, 2.75) is 0 Å². The van der Waals surface area contributed by atoms with Gasteiger partial charge in [-0.1, -0.05) is 6.58 Å². The average Bonchev–Trinajstić information content (AvgIpc) is 1.38. The maximum absolute atomic E-state index is 9.36. The molecule has 0 heterocycles. The molecule has 0 aliphatic carbocycles. The molecule has 0 fully saturated rings. The van der Waals surface area contributed by atoms with Crippen molar-refractivity contribution in [3.63, 3.8) is 0 Å². The van der Waals surface area contributed by atoms with Gasteiger partial charge < -0.3 is 0 Å². The number of carbonyl (C=O) groups is 1. The zero-order valence-corrected chi connectivity index (χ0v) is 5.45. The van der Waals surface area contributed by atoms with Crippen molar-refractivity contribution < 1.29 is 38.4 Å². The molecule has 0 aromatic carbocycles. The Morgan fingerprint density at radius 3 is 1.86 bits per heavy atom. The minimum Gasteiger partial charge on any atom is -0.294 e. The van der Waals surface area contributed by atoms with Gasteiger partial charge in [-0.2, -0.15) is 0 Å². The predicted octanol–water partition coefficient (Wildman–Crippen LogP) is 0.325. The van der Waals surface area contributed by atoms with Crippen molar-refractivity contribution in [2.75, 3.05) is 0 Å². The van der Waals surface area contributed by atoms with Crippen LogP contribution in [0.2, 0.25) is 0 Å². The number of hydrogen-bond acceptors (Lipinski definition) is 1. The van der Waals surface area contributed by atoms with Gasteiger partial charge in [0.2, 0.25) is 0 Å². The molecular weight excluding hydrogens is 179 g/mol. The molecule has 0 aliphatic rings. The Morgan fingerprint density at radius 1 is 1.71 bits per heavy atom. The second-order valence-corrected chi connectivity index (χ2v) is 0.568. The molecule has 1 nitrogen and oxygen atoms in total. The fourth-order valence-electron chi connectivity index (χ4n) is 0. The van der Waals surface area contributed by atoms with Gasteiger partial charge in [0.25, 0.3) is 0 Å². The summed E-state index contributed by atoms with van der Waals surface area (Å²) in [5, 5.41) is 0. The van der Waals surface area contributed by atoms with Crippen molar-refractivity contribution in [1.82, 2.24) is 0 Å². The predicted molar refractivity (Wildman–Crippen MR) is 18.4 cm³/mol. The molecule has 0 N–H and O–H groups in total. The van der Waals surface area contributed by atoms with Crippen molar-refractivity contribution in [3.05, 3.63) is 19.6 Å². The van der Waals surface area contributed by atoms with Crippen LogP contribution in [0.3, 0.4) is 0 Å². The number of hydrogen-bond donors (Lipinski definition) is 0. The van der Waals surface area contributed by atoms with E-state index in [9.17, 15) is 4.79 Å². The molecule has 0 bridgehead atoms. The third-order valence-electron chi connectivity index (χ3n) is 0.185. The van der Waals surface area contributed by atoms with Gasteiger partial charge in [0.15, 0.2) is 5.78 Å². The molecule has 0 spiro atoms. The fraction of sp³-hybridized carbons (Fsp3) is 0. The van der Waals surface area contributed by atoms with Gasteiger partial charge in [-0.05, 0) is 6.08 Å². The second kappa shape index (κ2) is 9.66. The second-order valence-electron chi connectivity index (χ2n) is 0.568. The largest absolute Gasteiger partial charge is 0.294 e. The van der Waals surface area contributed by atoms with Crippen LogP contribution >= 0.6 is 0 Å². The van der Waals surface area contributed by atoms with E-state index in [0.717, 1.165) is 6.08 Å². The SMILES string of the molecule is [C]C(=O)C=C.[Fe].[Ni]. The summed E-state index contributed by atoms with van der Waals surface area (Å²) in [6.07, 6.45) is 0.944. The van der Waals surface area contributed by atoms with E-state index in [0.29, 0.717) is 0 Å². The molecule has 0 aromatic rings. The zero-order valence-electron chi connectivity index (χ0n) is 3.36. The third-order valence-corrected chi connectivity index (χ3v) is 0.185. The van der Waals surface area contributed by atoms with Gasteiger partial charge >= 0.3 is 0 Å². The molecule has 3 heteroatoms. The summed E-state index contributed by atoms with van der Waals surface area (Å²) in [6, 6.07) is 0. The van der Waals surface area contributed by atoms with Gasteiger partial charge in [-0.15, -0.1) is 0 Å². The minimum absolute atomic E-state index is 0. The van der Waals surface area contributed by atoms with Gasteiger partial charge in [0.1, 0.15) is 0 Å². The summed E-state index contributed by atoms with van der Waals surface area (Å²) in [4.78, 5) is 9.36. The van der Waals surface area contributed by atoms with Crippen molar-refractivity contribution in [2.24, 2.45) is 0 Å². The molecule has 0 aliphatic heterocycles. The van der Waals surface area contributed by atoms with Crippen molar-refractivity contribution >= 4 is 5.78 Å². The first-order chi connectivity index (χ1) is 2.27. The Bertz CT molecular complexity index is 62.7. The minimum atomic E-state index is -0.731. The fourth-order valence-corrected chi connectivity index (χ4v) is 0. The van der Waals surface area contributed by atoms with Crippen molar-refractivity contribution in [1.29, 1.82) is 0 Å². The molecule has 0 unspecified atom stereocenters. The molecule has 0 saturated heterocycles. The molecule has 0 amide bonds. The van der Waals surface area contributed by atoms with Crippen LogP contribution < -0.4 is 0 Å². The van der Waals surface area contributed by atoms with Crippen LogP contribution in [-0.4, -0.2) is 5.78 Å². The Balaban J connectivity index is -0.0000000800. The van der Waals surface area contributed by atoms with E-state index in [1.54, 1.807) is 0 Å². The van der Waals surface area contributed by atoms with Crippen LogP contribution in [0.4, 0.5) is 0 Å². The number of allylic oxidation sites excluding steroid dienone is 1. The number of rotatable bonds is 1. The summed E-state index contributed by atoms with van der Waals surface area (Å²) < 4.78 is 0. The first kappa shape index (κ1) is 15.7. The average molecular weight is 182 g/mol. The normalized spacial score (nSPS) is 4.71. The van der Waals surface area contributed by atoms with Gasteiger partial charge in [-0.3, -0.25) is 4.79 Å². The van der Waals surface area contributed by atoms with Gasteiger partial charge in [0, 0.05) is 33.6 Å². The van der Waals surface area contributed by atoms with Crippen molar-refractivity contribution in [3.8, 4) is 0 Å². The van der Waals surface area contributed by atoms with Gasteiger partial charge in [0.05, 0.1) is 6.92 Å². The summed E-state index contributed by atoms with van der Waals surface area (Å²) in [6.45, 7) is 9.09. The molecule has 0 atom stereocenters. The van der Waals surface area contributed by atoms with Crippen LogP contribution in [0.25, 0.3) is 0 Å². The Morgan fingerprint density at radius 2 is 1.86 bits per heavy atom. The molecule has 43 valence electrons. The summed E-state index contributed by atoms with van der Waals surface area (Å²) in [5.41, 5.74) is 0. The van der Waals surface area contributed by atoms with E-state index in [-0.39, 0.29) is 33.6 Å². The Hall–Kier alpha value is 0.423. The van der Waals surface area contributed by atoms with E-state index in [1.165, 1.54) is 0 Å². The zero-order chi connectivity index (χ0) is 4.28. The molecular formula is C4H3FeNiO. The molecule has 3 radical (unpaired) electrons.